The van der Waals surface area contributed by atoms with Crippen LogP contribution in [0.2, 0.25) is 0 Å². The molecule has 0 saturated carbocycles. The number of hydrogen-bond donors (Lipinski definition) is 7. The number of hydrogen-bond acceptors (Lipinski definition) is 20. The minimum absolute atomic E-state index is 0.0178. The highest BCUT2D eigenvalue weighted by Gasteiger charge is 2.30. The van der Waals surface area contributed by atoms with Crippen LogP contribution in [0, 0.1) is 5.82 Å². The molecule has 0 spiro atoms. The Bertz CT molecular complexity index is 7080. The van der Waals surface area contributed by atoms with Gasteiger partial charge in [-0.2, -0.15) is 0 Å². The lowest BCUT2D eigenvalue weighted by Gasteiger charge is -2.43. The summed E-state index contributed by atoms with van der Waals surface area (Å²) in [6, 6.07) is 67.3. The minimum Gasteiger partial charge on any atom is -0.378 e. The van der Waals surface area contributed by atoms with E-state index in [2.05, 4.69) is 208 Å². The number of halogens is 1. The number of anilines is 10. The number of likely N-dealkylation sites (N-methyl/N-ethyl adjacent to an activating group) is 1. The lowest BCUT2D eigenvalue weighted by atomic mass is 10.0. The normalized spacial score (nSPS) is 16.5. The molecule has 1 unspecified atom stereocenters. The molecule has 30 heteroatoms. The second kappa shape index (κ2) is 39.8. The second-order valence-electron chi connectivity index (χ2n) is 35.6. The highest BCUT2D eigenvalue weighted by atomic mass is 19.1. The summed E-state index contributed by atoms with van der Waals surface area (Å²) in [5.74, 6) is -0.225. The van der Waals surface area contributed by atoms with Gasteiger partial charge in [0.05, 0.1) is 64.9 Å². The number of aromatic nitrogens is 10. The van der Waals surface area contributed by atoms with E-state index in [1.165, 1.54) is 23.6 Å². The lowest BCUT2D eigenvalue weighted by Crippen LogP contribution is -2.55. The first-order valence-electron chi connectivity index (χ1n) is 46.6. The zero-order valence-electron chi connectivity index (χ0n) is 77.2. The molecule has 10 aromatic heterocycles. The number of aromatic amines is 1. The Morgan fingerprint density at radius 2 is 0.831 bits per heavy atom. The first-order chi connectivity index (χ1) is 66.3. The molecule has 22 rings (SSSR count). The SMILES string of the molecule is CC(C)N1CCN(C(=O)c2ccc(Nc3ccc(-c4ccc5c(c4)CNC5=O)n4ccnc34)cc2)CC1.CCC(C)N1CCN(C(=O)c2ccc(Nc3ccc(-c4ccc5c(c4)CNC5=O)n4ccnc34)cc2)CC1.C[C@@H]1CN(c2ccc(Nc3ccc(-c4cc[nH]c(=O)c4)n4ccnc34)cc2)C[C@H](C)N1C.Fc1cncc(-c2ccc(Nc3ccc(N4CCOCC4)cc3)c3nccn23)c1. The topological polar surface area (TPSA) is 287 Å². The molecule has 3 atom stereocenters. The van der Waals surface area contributed by atoms with E-state index in [1.54, 1.807) is 43.2 Å². The zero-order chi connectivity index (χ0) is 93.6. The van der Waals surface area contributed by atoms with Crippen LogP contribution < -0.4 is 47.3 Å². The number of carbonyl (C=O) groups excluding carboxylic acids is 4. The van der Waals surface area contributed by atoms with Gasteiger partial charge in [0.1, 0.15) is 5.82 Å². The van der Waals surface area contributed by atoms with Gasteiger partial charge in [-0.3, -0.25) is 61.3 Å². The van der Waals surface area contributed by atoms with E-state index in [-0.39, 0.29) is 35.0 Å². The number of fused-ring (bicyclic) bond motifs is 6. The molecular weight excluding hydrogens is 1710 g/mol. The van der Waals surface area contributed by atoms with Gasteiger partial charge in [-0.25, -0.2) is 24.3 Å². The maximum absolute atomic E-state index is 13.6. The van der Waals surface area contributed by atoms with E-state index >= 15 is 0 Å². The fraction of sp³-hybridized carbons (Fsp3) is 0.264. The Kier molecular flexibility index (Phi) is 26.3. The molecule has 4 fully saturated rings. The van der Waals surface area contributed by atoms with Gasteiger partial charge in [0.15, 0.2) is 22.6 Å². The van der Waals surface area contributed by atoms with Crippen molar-refractivity contribution in [3.8, 4) is 45.0 Å². The molecule has 6 aliphatic heterocycles. The Morgan fingerprint density at radius 1 is 0.441 bits per heavy atom. The van der Waals surface area contributed by atoms with Gasteiger partial charge in [0.2, 0.25) is 5.56 Å². The molecule has 16 aromatic rings. The van der Waals surface area contributed by atoms with E-state index in [0.29, 0.717) is 53.9 Å². The molecule has 692 valence electrons. The molecule has 16 heterocycles. The monoisotopic (exact) mass is 1820 g/mol. The summed E-state index contributed by atoms with van der Waals surface area (Å²) >= 11 is 0. The molecule has 4 amide bonds. The van der Waals surface area contributed by atoms with Crippen molar-refractivity contribution in [2.45, 2.75) is 85.2 Å². The zero-order valence-corrected chi connectivity index (χ0v) is 77.2. The summed E-state index contributed by atoms with van der Waals surface area (Å²) < 4.78 is 27.0. The van der Waals surface area contributed by atoms with Crippen LogP contribution in [0.25, 0.3) is 67.6 Å². The van der Waals surface area contributed by atoms with E-state index < -0.39 is 0 Å². The largest absolute Gasteiger partial charge is 0.378 e. The van der Waals surface area contributed by atoms with Crippen molar-refractivity contribution in [1.29, 1.82) is 0 Å². The van der Waals surface area contributed by atoms with E-state index in [1.807, 2.05) is 167 Å². The van der Waals surface area contributed by atoms with Crippen molar-refractivity contribution < 1.29 is 28.3 Å². The predicted octanol–water partition coefficient (Wildman–Crippen LogP) is 16.8. The Labute approximate surface area is 787 Å². The van der Waals surface area contributed by atoms with Crippen LogP contribution in [0.1, 0.15) is 101 Å². The van der Waals surface area contributed by atoms with Crippen LogP contribution >= 0.6 is 0 Å². The molecule has 136 heavy (non-hydrogen) atoms. The summed E-state index contributed by atoms with van der Waals surface area (Å²) in [6.45, 7) is 26.7. The number of rotatable bonds is 19. The summed E-state index contributed by atoms with van der Waals surface area (Å²) in [5, 5.41) is 19.6. The number of H-pyrrole nitrogens is 1. The molecule has 4 saturated heterocycles. The quantitative estimate of drug-likeness (QED) is 0.0396. The third-order valence-corrected chi connectivity index (χ3v) is 26.8. The van der Waals surface area contributed by atoms with Gasteiger partial charge < -0.3 is 61.2 Å². The van der Waals surface area contributed by atoms with Crippen molar-refractivity contribution in [3.05, 3.63) is 318 Å². The minimum atomic E-state index is -0.363. The van der Waals surface area contributed by atoms with Crippen molar-refractivity contribution >= 4 is 103 Å². The van der Waals surface area contributed by atoms with Crippen molar-refractivity contribution in [2.24, 2.45) is 0 Å². The van der Waals surface area contributed by atoms with Crippen LogP contribution in [0.5, 0.6) is 0 Å². The average Bonchev–Trinajstić information content (AvgIpc) is 1.67. The van der Waals surface area contributed by atoms with Gasteiger partial charge >= 0.3 is 0 Å². The average molecular weight is 1820 g/mol. The highest BCUT2D eigenvalue weighted by Crippen LogP contribution is 2.37. The van der Waals surface area contributed by atoms with Crippen LogP contribution in [0.4, 0.5) is 61.3 Å². The number of morpholine rings is 1. The smallest absolute Gasteiger partial charge is 0.253 e. The van der Waals surface area contributed by atoms with Gasteiger partial charge in [-0.15, -0.1) is 0 Å². The molecule has 6 aliphatic rings. The fourth-order valence-corrected chi connectivity index (χ4v) is 18.7. The summed E-state index contributed by atoms with van der Waals surface area (Å²) in [4.78, 5) is 102. The summed E-state index contributed by atoms with van der Waals surface area (Å²) in [6.07, 6.45) is 20.4. The number of nitrogens with one attached hydrogen (secondary N) is 7. The number of nitrogens with zero attached hydrogens (tertiary/aromatic N) is 16. The number of carbonyl (C=O) groups is 4. The highest BCUT2D eigenvalue weighted by molar-refractivity contribution is 6.00. The van der Waals surface area contributed by atoms with Crippen LogP contribution in [0.15, 0.2) is 273 Å². The fourth-order valence-electron chi connectivity index (χ4n) is 18.7. The maximum atomic E-state index is 13.6. The molecule has 0 aliphatic carbocycles. The van der Waals surface area contributed by atoms with Gasteiger partial charge in [-0.1, -0.05) is 19.1 Å². The van der Waals surface area contributed by atoms with E-state index in [0.717, 1.165) is 228 Å². The van der Waals surface area contributed by atoms with Crippen molar-refractivity contribution in [3.63, 3.8) is 0 Å². The Hall–Kier alpha value is -15.4. The number of benzene rings is 6. The second-order valence-corrected chi connectivity index (χ2v) is 35.6. The third kappa shape index (κ3) is 19.4. The number of amides is 4. The molecule has 0 bridgehead atoms. The van der Waals surface area contributed by atoms with E-state index in [9.17, 15) is 28.4 Å². The number of pyridine rings is 6. The standard InChI is InChI=1S/C30H32N6O2.C29H30N6O2.C25H28N6O.C22H20FN5O/c1-3-20(2)34-14-16-35(17-15-34)30(38)21-4-7-24(8-5-21)33-26-10-11-27(36-13-12-31-28(26)36)22-6-9-25-23(18-22)19-32-29(25)37;1-19(2)33-13-15-34(16-14-33)29(37)20-3-6-23(7-4-20)32-25-9-10-26(35-12-11-30-27(25)35)21-5-8-24-22(17-21)18-31-28(24)36;1-17-15-30(16-18(2)29(17)3)21-6-4-20(5-7-21)28-22-8-9-23(31-13-12-27-25(22)31)19-10-11-26-24(32)14-19;23-17-13-16(14-24-15-17)21-6-5-20(22-25-7-8-28(21)22)26-18-1-3-19(4-2-18)27-9-11-29-12-10-27/h4-13,18,20,33H,3,14-17,19H2,1-2H3,(H,32,37);3-12,17,19,32H,13-16,18H2,1-2H3,(H,31,36);4-14,17-18,28H,15-16H2,1-3H3,(H,26,32);1-8,13-15,26H,9-12H2/t;;17-,18+;. The predicted molar refractivity (Wildman–Crippen MR) is 534 cm³/mol. The first-order valence-corrected chi connectivity index (χ1v) is 46.6. The molecule has 0 radical (unpaired) electrons. The number of piperazine rings is 3. The maximum Gasteiger partial charge on any atom is 0.253 e. The van der Waals surface area contributed by atoms with Gasteiger partial charge in [0, 0.05) is 251 Å². The molecule has 29 nitrogen and oxygen atoms in total. The third-order valence-electron chi connectivity index (χ3n) is 26.8. The van der Waals surface area contributed by atoms with Crippen LogP contribution in [-0.4, -0.2) is 219 Å². The van der Waals surface area contributed by atoms with Gasteiger partial charge in [-0.05, 0) is 252 Å². The van der Waals surface area contributed by atoms with Crippen molar-refractivity contribution in [2.75, 3.05) is 130 Å². The summed E-state index contributed by atoms with van der Waals surface area (Å²) in [5.41, 5.74) is 25.1. The lowest BCUT2D eigenvalue weighted by molar-refractivity contribution is 0.0578. The number of imidazole rings is 4. The van der Waals surface area contributed by atoms with Crippen molar-refractivity contribution in [1.82, 2.24) is 82.6 Å². The van der Waals surface area contributed by atoms with Gasteiger partial charge in [0.25, 0.3) is 23.6 Å². The summed E-state index contributed by atoms with van der Waals surface area (Å²) in [7, 11) is 2.21. The van der Waals surface area contributed by atoms with E-state index in [4.69, 9.17) is 4.74 Å². The number of ether oxygens (including phenoxy) is 1. The molecule has 6 aromatic carbocycles. The molecular formula is C106H110FN23O6. The van der Waals surface area contributed by atoms with Crippen LogP contribution in [0.3, 0.4) is 0 Å². The van der Waals surface area contributed by atoms with Crippen LogP contribution in [-0.2, 0) is 17.8 Å². The molecule has 7 N–H and O–H groups in total. The Balaban J connectivity index is 0.000000117. The Morgan fingerprint density at radius 3 is 1.23 bits per heavy atom. The first kappa shape index (κ1) is 89.8.